The second kappa shape index (κ2) is 5.33. The molecule has 6 heteroatoms. The van der Waals surface area contributed by atoms with Gasteiger partial charge < -0.3 is 5.32 Å². The molecule has 0 saturated carbocycles. The molecule has 92 valence electrons. The third kappa shape index (κ3) is 2.78. The molecule has 0 atom stereocenters. The number of pyridine rings is 2. The molecule has 0 aliphatic carbocycles. The molecule has 1 amide bonds. The smallest absolute Gasteiger partial charge is 0.258 e. The van der Waals surface area contributed by atoms with E-state index < -0.39 is 0 Å². The van der Waals surface area contributed by atoms with Crippen molar-refractivity contribution >= 4 is 34.8 Å². The van der Waals surface area contributed by atoms with Gasteiger partial charge in [0, 0.05) is 12.4 Å². The molecule has 4 nitrogen and oxygen atoms in total. The molecule has 2 aromatic rings. The summed E-state index contributed by atoms with van der Waals surface area (Å²) in [5.74, 6) is -0.333. The number of aromatic nitrogens is 2. The zero-order valence-electron chi connectivity index (χ0n) is 9.45. The Morgan fingerprint density at radius 1 is 1.28 bits per heavy atom. The number of hydrogen-bond donors (Lipinski definition) is 1. The fraction of sp³-hybridized carbons (Fsp3) is 0.0833. The number of nitrogens with zero attached hydrogens (tertiary/aromatic N) is 2. The highest BCUT2D eigenvalue weighted by Gasteiger charge is 2.12. The topological polar surface area (TPSA) is 54.9 Å². The molecule has 18 heavy (non-hydrogen) atoms. The molecule has 0 fully saturated rings. The summed E-state index contributed by atoms with van der Waals surface area (Å²) in [5.41, 5.74) is 1.54. The minimum atomic E-state index is -0.333. The Labute approximate surface area is 114 Å². The lowest BCUT2D eigenvalue weighted by atomic mass is 10.2. The van der Waals surface area contributed by atoms with Crippen molar-refractivity contribution in [3.05, 3.63) is 52.0 Å². The summed E-state index contributed by atoms with van der Waals surface area (Å²) in [6.45, 7) is 1.76. The van der Waals surface area contributed by atoms with Crippen molar-refractivity contribution in [2.45, 2.75) is 6.92 Å². The van der Waals surface area contributed by atoms with Crippen molar-refractivity contribution in [3.8, 4) is 0 Å². The third-order valence-electron chi connectivity index (χ3n) is 2.31. The van der Waals surface area contributed by atoms with Gasteiger partial charge in [-0.05, 0) is 25.1 Å². The number of rotatable bonds is 2. The monoisotopic (exact) mass is 281 g/mol. The van der Waals surface area contributed by atoms with Gasteiger partial charge >= 0.3 is 0 Å². The largest absolute Gasteiger partial charge is 0.320 e. The summed E-state index contributed by atoms with van der Waals surface area (Å²) in [7, 11) is 0. The van der Waals surface area contributed by atoms with Crippen LogP contribution in [0.15, 0.2) is 30.6 Å². The lowest BCUT2D eigenvalue weighted by Gasteiger charge is -2.08. The summed E-state index contributed by atoms with van der Waals surface area (Å²) in [6, 6.07) is 4.85. The number of anilines is 1. The summed E-state index contributed by atoms with van der Waals surface area (Å²) < 4.78 is 0. The quantitative estimate of drug-likeness (QED) is 0.859. The van der Waals surface area contributed by atoms with E-state index in [0.717, 1.165) is 0 Å². The van der Waals surface area contributed by atoms with E-state index in [1.165, 1.54) is 12.4 Å². The molecule has 2 rings (SSSR count). The van der Waals surface area contributed by atoms with E-state index in [2.05, 4.69) is 15.3 Å². The summed E-state index contributed by atoms with van der Waals surface area (Å²) >= 11 is 11.7. The van der Waals surface area contributed by atoms with Gasteiger partial charge in [-0.3, -0.25) is 9.78 Å². The van der Waals surface area contributed by atoms with Gasteiger partial charge in [-0.2, -0.15) is 0 Å². The van der Waals surface area contributed by atoms with E-state index in [1.54, 1.807) is 25.1 Å². The van der Waals surface area contributed by atoms with Crippen LogP contribution in [0.2, 0.25) is 10.2 Å². The van der Waals surface area contributed by atoms with Crippen LogP contribution in [0.5, 0.6) is 0 Å². The van der Waals surface area contributed by atoms with Crippen LogP contribution in [-0.2, 0) is 0 Å². The second-order valence-corrected chi connectivity index (χ2v) is 4.37. The Hall–Kier alpha value is -1.65. The highest BCUT2D eigenvalue weighted by Crippen LogP contribution is 2.19. The van der Waals surface area contributed by atoms with Crippen molar-refractivity contribution in [2.24, 2.45) is 0 Å². The van der Waals surface area contributed by atoms with Gasteiger partial charge in [0.25, 0.3) is 5.91 Å². The van der Waals surface area contributed by atoms with E-state index in [-0.39, 0.29) is 5.91 Å². The van der Waals surface area contributed by atoms with E-state index >= 15 is 0 Å². The van der Waals surface area contributed by atoms with Crippen LogP contribution < -0.4 is 5.32 Å². The normalized spacial score (nSPS) is 10.2. The predicted molar refractivity (Wildman–Crippen MR) is 71.2 cm³/mol. The first-order chi connectivity index (χ1) is 8.58. The first-order valence-electron chi connectivity index (χ1n) is 5.12. The number of nitrogens with one attached hydrogen (secondary N) is 1. The molecule has 2 heterocycles. The molecule has 0 aliphatic heterocycles. The predicted octanol–water partition coefficient (Wildman–Crippen LogP) is 3.34. The molecule has 0 spiro atoms. The molecule has 0 saturated heterocycles. The van der Waals surface area contributed by atoms with Gasteiger partial charge in [0.05, 0.1) is 22.0 Å². The van der Waals surface area contributed by atoms with Gasteiger partial charge in [-0.25, -0.2) is 4.98 Å². The van der Waals surface area contributed by atoms with Crippen LogP contribution in [-0.4, -0.2) is 15.9 Å². The van der Waals surface area contributed by atoms with Crippen LogP contribution in [0.4, 0.5) is 5.69 Å². The Balaban J connectivity index is 2.24. The zero-order valence-corrected chi connectivity index (χ0v) is 11.0. The number of carbonyl (C=O) groups is 1. The molecule has 0 radical (unpaired) electrons. The second-order valence-electron chi connectivity index (χ2n) is 3.58. The Bertz CT molecular complexity index is 602. The van der Waals surface area contributed by atoms with Gasteiger partial charge in [-0.15, -0.1) is 0 Å². The minimum absolute atomic E-state index is 0.313. The number of halogens is 2. The lowest BCUT2D eigenvalue weighted by Crippen LogP contribution is -2.14. The third-order valence-corrected chi connectivity index (χ3v) is 2.85. The molecule has 0 aliphatic rings. The SMILES string of the molecule is Cc1nc(Cl)ccc1NC(=O)c1cnccc1Cl. The van der Waals surface area contributed by atoms with Crippen molar-refractivity contribution < 1.29 is 4.79 Å². The summed E-state index contributed by atoms with van der Waals surface area (Å²) in [4.78, 5) is 19.9. The standard InChI is InChI=1S/C12H9Cl2N3O/c1-7-10(2-3-11(14)16-7)17-12(18)8-6-15-5-4-9(8)13/h2-6H,1H3,(H,17,18). The number of hydrogen-bond acceptors (Lipinski definition) is 3. The number of aryl methyl sites for hydroxylation is 1. The van der Waals surface area contributed by atoms with Crippen molar-refractivity contribution in [1.29, 1.82) is 0 Å². The molecular weight excluding hydrogens is 273 g/mol. The molecule has 0 bridgehead atoms. The van der Waals surface area contributed by atoms with Crippen LogP contribution in [0, 0.1) is 6.92 Å². The first kappa shape index (κ1) is 12.8. The van der Waals surface area contributed by atoms with E-state index in [1.807, 2.05) is 0 Å². The van der Waals surface area contributed by atoms with E-state index in [4.69, 9.17) is 23.2 Å². The maximum absolute atomic E-state index is 12.0. The molecule has 0 aromatic carbocycles. The molecule has 2 aromatic heterocycles. The lowest BCUT2D eigenvalue weighted by molar-refractivity contribution is 0.102. The van der Waals surface area contributed by atoms with Gasteiger partial charge in [0.1, 0.15) is 5.15 Å². The van der Waals surface area contributed by atoms with Gasteiger partial charge in [0.2, 0.25) is 0 Å². The summed E-state index contributed by atoms with van der Waals surface area (Å²) in [6.07, 6.45) is 2.94. The maximum Gasteiger partial charge on any atom is 0.258 e. The van der Waals surface area contributed by atoms with Crippen molar-refractivity contribution in [3.63, 3.8) is 0 Å². The Kier molecular flexibility index (Phi) is 3.79. The number of amides is 1. The first-order valence-corrected chi connectivity index (χ1v) is 5.87. The van der Waals surface area contributed by atoms with E-state index in [9.17, 15) is 4.79 Å². The average molecular weight is 282 g/mol. The zero-order chi connectivity index (χ0) is 13.1. The van der Waals surface area contributed by atoms with Crippen LogP contribution in [0.25, 0.3) is 0 Å². The molecule has 1 N–H and O–H groups in total. The van der Waals surface area contributed by atoms with E-state index in [0.29, 0.717) is 27.1 Å². The van der Waals surface area contributed by atoms with Crippen LogP contribution in [0.1, 0.15) is 16.1 Å². The maximum atomic E-state index is 12.0. The molecular formula is C12H9Cl2N3O. The Morgan fingerprint density at radius 3 is 2.72 bits per heavy atom. The highest BCUT2D eigenvalue weighted by atomic mass is 35.5. The minimum Gasteiger partial charge on any atom is -0.320 e. The average Bonchev–Trinajstić information content (AvgIpc) is 2.33. The molecule has 0 unspecified atom stereocenters. The van der Waals surface area contributed by atoms with Crippen LogP contribution in [0.3, 0.4) is 0 Å². The van der Waals surface area contributed by atoms with Gasteiger partial charge in [-0.1, -0.05) is 23.2 Å². The fourth-order valence-corrected chi connectivity index (χ4v) is 1.78. The van der Waals surface area contributed by atoms with Crippen LogP contribution >= 0.6 is 23.2 Å². The Morgan fingerprint density at radius 2 is 2.06 bits per heavy atom. The van der Waals surface area contributed by atoms with Gasteiger partial charge in [0.15, 0.2) is 0 Å². The van der Waals surface area contributed by atoms with Crippen molar-refractivity contribution in [1.82, 2.24) is 9.97 Å². The number of carbonyl (C=O) groups excluding carboxylic acids is 1. The summed E-state index contributed by atoms with van der Waals surface area (Å²) in [5, 5.41) is 3.44. The fourth-order valence-electron chi connectivity index (χ4n) is 1.40. The highest BCUT2D eigenvalue weighted by molar-refractivity contribution is 6.34. The van der Waals surface area contributed by atoms with Crippen molar-refractivity contribution in [2.75, 3.05) is 5.32 Å².